The molecule has 0 amide bonds. The molecule has 1 unspecified atom stereocenters. The van der Waals surface area contributed by atoms with Crippen LogP contribution in [0.15, 0.2) is 0 Å². The van der Waals surface area contributed by atoms with E-state index in [-0.39, 0.29) is 6.54 Å². The number of hydrogen-bond acceptors (Lipinski definition) is 6. The highest BCUT2D eigenvalue weighted by Gasteiger charge is 2.29. The third kappa shape index (κ3) is 3.67. The summed E-state index contributed by atoms with van der Waals surface area (Å²) in [4.78, 5) is 27.6. The number of hydrogen-bond donors (Lipinski definition) is 1. The Kier molecular flexibility index (Phi) is 5.07. The molecule has 2 aromatic rings. The predicted octanol–water partition coefficient (Wildman–Crippen LogP) is 3.11. The van der Waals surface area contributed by atoms with E-state index in [2.05, 4.69) is 11.8 Å². The molecule has 1 fully saturated rings. The summed E-state index contributed by atoms with van der Waals surface area (Å²) in [6.45, 7) is 6.27. The van der Waals surface area contributed by atoms with E-state index < -0.39 is 5.97 Å². The van der Waals surface area contributed by atoms with Crippen molar-refractivity contribution >= 4 is 33.3 Å². The fraction of sp³-hybridized carbons (Fsp3) is 0.650. The average Bonchev–Trinajstić information content (AvgIpc) is 2.97. The number of fused-ring (bicyclic) bond motifs is 3. The SMILES string of the molecule is Cc1nc(N2CCC(N(C)CC(=O)O)CC2)c2c3c(sc2n1)CC(C)CC3. The van der Waals surface area contributed by atoms with E-state index in [0.717, 1.165) is 61.2 Å². The van der Waals surface area contributed by atoms with Crippen LogP contribution >= 0.6 is 11.3 Å². The Morgan fingerprint density at radius 3 is 2.74 bits per heavy atom. The summed E-state index contributed by atoms with van der Waals surface area (Å²) in [7, 11) is 1.91. The van der Waals surface area contributed by atoms with Crippen LogP contribution in [0.4, 0.5) is 5.82 Å². The number of carbonyl (C=O) groups is 1. The molecule has 2 aliphatic rings. The third-order valence-corrected chi connectivity index (χ3v) is 7.17. The molecule has 0 spiro atoms. The van der Waals surface area contributed by atoms with Crippen LogP contribution in [0, 0.1) is 12.8 Å². The quantitative estimate of drug-likeness (QED) is 0.868. The van der Waals surface area contributed by atoms with Crippen LogP contribution in [0.5, 0.6) is 0 Å². The fourth-order valence-corrected chi connectivity index (χ4v) is 5.94. The van der Waals surface area contributed by atoms with E-state index in [9.17, 15) is 4.79 Å². The van der Waals surface area contributed by atoms with Crippen molar-refractivity contribution in [3.05, 3.63) is 16.3 Å². The smallest absolute Gasteiger partial charge is 0.317 e. The largest absolute Gasteiger partial charge is 0.480 e. The van der Waals surface area contributed by atoms with Crippen LogP contribution in [0.3, 0.4) is 0 Å². The van der Waals surface area contributed by atoms with Crippen molar-refractivity contribution in [2.45, 2.75) is 52.0 Å². The zero-order chi connectivity index (χ0) is 19.1. The Bertz CT molecular complexity index is 857. The van der Waals surface area contributed by atoms with Gasteiger partial charge in [0.15, 0.2) is 0 Å². The van der Waals surface area contributed by atoms with Crippen LogP contribution in [0.2, 0.25) is 0 Å². The summed E-state index contributed by atoms with van der Waals surface area (Å²) < 4.78 is 0. The maximum atomic E-state index is 11.0. The predicted molar refractivity (Wildman–Crippen MR) is 109 cm³/mol. The molecule has 7 heteroatoms. The second kappa shape index (κ2) is 7.36. The first-order chi connectivity index (χ1) is 12.9. The van der Waals surface area contributed by atoms with Gasteiger partial charge in [0.1, 0.15) is 16.5 Å². The molecule has 0 saturated carbocycles. The summed E-state index contributed by atoms with van der Waals surface area (Å²) in [5, 5.41) is 10.3. The minimum atomic E-state index is -0.757. The molecule has 1 aliphatic carbocycles. The first kappa shape index (κ1) is 18.6. The van der Waals surface area contributed by atoms with E-state index >= 15 is 0 Å². The van der Waals surface area contributed by atoms with E-state index in [0.29, 0.717) is 6.04 Å². The summed E-state index contributed by atoms with van der Waals surface area (Å²) in [5.41, 5.74) is 1.48. The molecule has 0 aromatic carbocycles. The molecule has 0 radical (unpaired) electrons. The topological polar surface area (TPSA) is 69.6 Å². The number of rotatable bonds is 4. The molecular weight excluding hydrogens is 360 g/mol. The zero-order valence-electron chi connectivity index (χ0n) is 16.4. The lowest BCUT2D eigenvalue weighted by molar-refractivity contribution is -0.138. The maximum Gasteiger partial charge on any atom is 0.317 e. The molecule has 4 rings (SSSR count). The van der Waals surface area contributed by atoms with Gasteiger partial charge in [-0.1, -0.05) is 6.92 Å². The second-order valence-corrected chi connectivity index (χ2v) is 9.24. The highest BCUT2D eigenvalue weighted by Crippen LogP contribution is 2.41. The Morgan fingerprint density at radius 2 is 2.04 bits per heavy atom. The van der Waals surface area contributed by atoms with E-state index in [1.807, 2.05) is 30.2 Å². The van der Waals surface area contributed by atoms with Crippen molar-refractivity contribution in [3.63, 3.8) is 0 Å². The molecule has 6 nitrogen and oxygen atoms in total. The summed E-state index contributed by atoms with van der Waals surface area (Å²) in [5.74, 6) is 1.94. The number of carboxylic acids is 1. The number of aromatic nitrogens is 2. The lowest BCUT2D eigenvalue weighted by Crippen LogP contribution is -2.45. The van der Waals surface area contributed by atoms with Crippen LogP contribution in [0.25, 0.3) is 10.2 Å². The highest BCUT2D eigenvalue weighted by atomic mass is 32.1. The lowest BCUT2D eigenvalue weighted by atomic mass is 9.89. The van der Waals surface area contributed by atoms with Gasteiger partial charge in [0.25, 0.3) is 0 Å². The van der Waals surface area contributed by atoms with Gasteiger partial charge in [0.2, 0.25) is 0 Å². The van der Waals surface area contributed by atoms with Gasteiger partial charge in [-0.15, -0.1) is 11.3 Å². The fourth-order valence-electron chi connectivity index (χ4n) is 4.52. The summed E-state index contributed by atoms with van der Waals surface area (Å²) in [6, 6.07) is 0.327. The molecule has 3 heterocycles. The standard InChI is InChI=1S/C20H28N4O2S/c1-12-4-5-15-16(10-12)27-20-18(15)19(21-13(2)22-20)24-8-6-14(7-9-24)23(3)11-17(25)26/h12,14H,4-11H2,1-3H3,(H,25,26). The summed E-state index contributed by atoms with van der Waals surface area (Å²) >= 11 is 1.86. The lowest BCUT2D eigenvalue weighted by Gasteiger charge is -2.37. The van der Waals surface area contributed by atoms with Crippen molar-refractivity contribution < 1.29 is 9.90 Å². The van der Waals surface area contributed by atoms with Crippen molar-refractivity contribution in [1.82, 2.24) is 14.9 Å². The molecular formula is C20H28N4O2S. The van der Waals surface area contributed by atoms with Crippen LogP contribution < -0.4 is 4.90 Å². The van der Waals surface area contributed by atoms with Crippen molar-refractivity contribution in [2.24, 2.45) is 5.92 Å². The van der Waals surface area contributed by atoms with Crippen molar-refractivity contribution in [3.8, 4) is 0 Å². The second-order valence-electron chi connectivity index (χ2n) is 8.15. The molecule has 146 valence electrons. The number of aryl methyl sites for hydroxylation is 2. The molecule has 1 aliphatic heterocycles. The van der Waals surface area contributed by atoms with Crippen LogP contribution in [-0.2, 0) is 17.6 Å². The first-order valence-corrected chi connectivity index (χ1v) is 10.7. The highest BCUT2D eigenvalue weighted by molar-refractivity contribution is 7.19. The van der Waals surface area contributed by atoms with E-state index in [1.54, 1.807) is 0 Å². The molecule has 2 aromatic heterocycles. The van der Waals surface area contributed by atoms with Crippen molar-refractivity contribution in [1.29, 1.82) is 0 Å². The molecule has 0 bridgehead atoms. The minimum Gasteiger partial charge on any atom is -0.480 e. The molecule has 1 atom stereocenters. The Morgan fingerprint density at radius 1 is 1.30 bits per heavy atom. The van der Waals surface area contributed by atoms with Gasteiger partial charge in [0.05, 0.1) is 11.9 Å². The van der Waals surface area contributed by atoms with Gasteiger partial charge in [0, 0.05) is 24.0 Å². The van der Waals surface area contributed by atoms with Gasteiger partial charge in [-0.05, 0) is 57.6 Å². The number of carboxylic acid groups (broad SMARTS) is 1. The monoisotopic (exact) mass is 388 g/mol. The number of nitrogens with zero attached hydrogens (tertiary/aromatic N) is 4. The Hall–Kier alpha value is -1.73. The van der Waals surface area contributed by atoms with Gasteiger partial charge in [-0.2, -0.15) is 0 Å². The zero-order valence-corrected chi connectivity index (χ0v) is 17.2. The first-order valence-electron chi connectivity index (χ1n) is 9.88. The number of likely N-dealkylation sites (N-methyl/N-ethyl adjacent to an activating group) is 1. The number of anilines is 1. The van der Waals surface area contributed by atoms with Crippen molar-refractivity contribution in [2.75, 3.05) is 31.6 Å². The van der Waals surface area contributed by atoms with Crippen LogP contribution in [0.1, 0.15) is 42.5 Å². The summed E-state index contributed by atoms with van der Waals surface area (Å²) in [6.07, 6.45) is 5.48. The Balaban J connectivity index is 1.60. The van der Waals surface area contributed by atoms with Gasteiger partial charge >= 0.3 is 5.97 Å². The Labute approximate surface area is 164 Å². The van der Waals surface area contributed by atoms with Gasteiger partial charge in [-0.25, -0.2) is 9.97 Å². The molecule has 1 N–H and O–H groups in total. The van der Waals surface area contributed by atoms with Gasteiger partial charge in [-0.3, -0.25) is 9.69 Å². The number of piperidine rings is 1. The number of thiophene rings is 1. The van der Waals surface area contributed by atoms with Crippen LogP contribution in [-0.4, -0.2) is 58.7 Å². The normalized spacial score (nSPS) is 21.0. The van der Waals surface area contributed by atoms with E-state index in [4.69, 9.17) is 15.1 Å². The number of aliphatic carboxylic acids is 1. The average molecular weight is 389 g/mol. The van der Waals surface area contributed by atoms with E-state index in [1.165, 1.54) is 22.2 Å². The van der Waals surface area contributed by atoms with Gasteiger partial charge < -0.3 is 10.0 Å². The third-order valence-electron chi connectivity index (χ3n) is 6.02. The molecule has 27 heavy (non-hydrogen) atoms. The minimum absolute atomic E-state index is 0.109. The molecule has 1 saturated heterocycles. The maximum absolute atomic E-state index is 11.0.